The van der Waals surface area contributed by atoms with Gasteiger partial charge in [0, 0.05) is 17.7 Å². The van der Waals surface area contributed by atoms with Crippen LogP contribution in [-0.4, -0.2) is 67.4 Å². The summed E-state index contributed by atoms with van der Waals surface area (Å²) < 4.78 is 2.65. The van der Waals surface area contributed by atoms with Crippen LogP contribution in [0.1, 0.15) is 5.69 Å². The molecule has 0 bridgehead atoms. The number of oxime groups is 1. The van der Waals surface area contributed by atoms with Gasteiger partial charge in [0.1, 0.15) is 22.5 Å². The Morgan fingerprint density at radius 3 is 2.84 bits per heavy atom. The minimum Gasteiger partial charge on any atom is -0.481 e. The molecule has 198 valence electrons. The Hall–Kier alpha value is -2.44. The highest BCUT2D eigenvalue weighted by atomic mass is 79.9. The van der Waals surface area contributed by atoms with Crippen molar-refractivity contribution in [2.75, 3.05) is 18.0 Å². The van der Waals surface area contributed by atoms with Crippen molar-refractivity contribution in [2.24, 2.45) is 10.6 Å². The van der Waals surface area contributed by atoms with Gasteiger partial charge in [-0.05, 0) is 32.8 Å². The zero-order valence-corrected chi connectivity index (χ0v) is 24.5. The van der Waals surface area contributed by atoms with Crippen molar-refractivity contribution in [1.29, 1.82) is 0 Å². The molecule has 2 aliphatic heterocycles. The molecule has 0 aliphatic carbocycles. The summed E-state index contributed by atoms with van der Waals surface area (Å²) in [7, 11) is 0. The highest BCUT2D eigenvalue weighted by Crippen LogP contribution is 2.44. The first-order valence-electron chi connectivity index (χ1n) is 10.6. The second-order valence-corrected chi connectivity index (χ2v) is 14.1. The number of fused-ring (bicyclic) bond motifs is 2. The number of β-lactam (4-membered cyclic amide) rings is 1. The molecule has 2 fully saturated rings. The van der Waals surface area contributed by atoms with E-state index in [9.17, 15) is 29.5 Å². The van der Waals surface area contributed by atoms with Gasteiger partial charge < -0.3 is 26.3 Å². The van der Waals surface area contributed by atoms with Crippen LogP contribution in [0.25, 0.3) is 9.40 Å². The minimum atomic E-state index is -1.35. The molecule has 2 aliphatic rings. The van der Waals surface area contributed by atoms with Crippen molar-refractivity contribution >= 4 is 111 Å². The highest BCUT2D eigenvalue weighted by molar-refractivity contribution is 9.10. The van der Waals surface area contributed by atoms with Gasteiger partial charge in [-0.1, -0.05) is 23.0 Å². The van der Waals surface area contributed by atoms with Gasteiger partial charge in [-0.25, -0.2) is 4.98 Å². The Labute approximate surface area is 242 Å². The van der Waals surface area contributed by atoms with Crippen molar-refractivity contribution in [2.45, 2.75) is 15.6 Å². The number of thiazole rings is 1. The number of carboxylic acids is 1. The Balaban J connectivity index is 1.28. The quantitative estimate of drug-likeness (QED) is 0.0959. The highest BCUT2D eigenvalue weighted by Gasteiger charge is 2.57. The fraction of sp³-hybridized carbons (Fsp3) is 0.238. The molecule has 0 aromatic carbocycles. The first-order chi connectivity index (χ1) is 18.1. The molecule has 5 heterocycles. The van der Waals surface area contributed by atoms with Gasteiger partial charge in [-0.15, -0.1) is 45.8 Å². The van der Waals surface area contributed by atoms with Gasteiger partial charge in [0.15, 0.2) is 10.8 Å². The standard InChI is InChI=1S/C21H16BrN5O6S5/c22-10-13(28)14-9(1-3-34-14)38-18(10)35-4-2-21(19(31)32)6-27-16(30)12(17(27)37-7-21)25-15(29)11(26-33)8-5-36-20(23)24-8/h1-5,12,17,33H,6-7H2,(H2,23,24)(H,25,29)(H,31,32)/t12?,17-,21?/m1/s1. The lowest BCUT2D eigenvalue weighted by Gasteiger charge is -2.53. The second-order valence-electron chi connectivity index (χ2n) is 8.17. The third kappa shape index (κ3) is 4.75. The van der Waals surface area contributed by atoms with E-state index in [-0.39, 0.29) is 34.3 Å². The summed E-state index contributed by atoms with van der Waals surface area (Å²) in [5.74, 6) is -2.17. The maximum atomic E-state index is 12.9. The van der Waals surface area contributed by atoms with Gasteiger partial charge in [-0.2, -0.15) is 0 Å². The molecule has 38 heavy (non-hydrogen) atoms. The summed E-state index contributed by atoms with van der Waals surface area (Å²) in [6.07, 6.45) is 1.55. The van der Waals surface area contributed by atoms with Gasteiger partial charge >= 0.3 is 5.97 Å². The fourth-order valence-corrected chi connectivity index (χ4v) is 9.88. The van der Waals surface area contributed by atoms with Crippen LogP contribution in [-0.2, 0) is 14.4 Å². The summed E-state index contributed by atoms with van der Waals surface area (Å²) >= 11 is 9.69. The molecule has 0 spiro atoms. The summed E-state index contributed by atoms with van der Waals surface area (Å²) in [6.45, 7) is -0.0766. The lowest BCUT2D eigenvalue weighted by molar-refractivity contribution is -0.156. The van der Waals surface area contributed by atoms with E-state index in [4.69, 9.17) is 5.73 Å². The van der Waals surface area contributed by atoms with Crippen LogP contribution < -0.4 is 16.5 Å². The lowest BCUT2D eigenvalue weighted by Crippen LogP contribution is -2.73. The fourth-order valence-electron chi connectivity index (χ4n) is 3.90. The minimum absolute atomic E-state index is 0.0766. The number of carboxylic acid groups (broad SMARTS) is 1. The number of anilines is 1. The molecule has 2 amide bonds. The van der Waals surface area contributed by atoms with Gasteiger partial charge in [0.05, 0.1) is 18.1 Å². The molecule has 2 unspecified atom stereocenters. The number of aliphatic carboxylic acids is 1. The number of thioether (sulfide) groups is 2. The molecule has 5 N–H and O–H groups in total. The van der Waals surface area contributed by atoms with Crippen LogP contribution in [0.2, 0.25) is 0 Å². The Morgan fingerprint density at radius 2 is 2.16 bits per heavy atom. The molecule has 17 heteroatoms. The molecule has 11 nitrogen and oxygen atoms in total. The molecule has 3 aromatic rings. The number of carbonyl (C=O) groups is 3. The largest absolute Gasteiger partial charge is 0.481 e. The lowest BCUT2D eigenvalue weighted by atomic mass is 9.87. The van der Waals surface area contributed by atoms with E-state index in [0.717, 1.165) is 16.0 Å². The molecule has 0 radical (unpaired) electrons. The summed E-state index contributed by atoms with van der Waals surface area (Å²) in [6, 6.07) is 0.964. The van der Waals surface area contributed by atoms with Crippen LogP contribution in [0.15, 0.2) is 46.9 Å². The molecular weight excluding hydrogens is 658 g/mol. The van der Waals surface area contributed by atoms with Crippen molar-refractivity contribution in [3.63, 3.8) is 0 Å². The number of carbonyl (C=O) groups excluding carboxylic acids is 2. The van der Waals surface area contributed by atoms with Gasteiger partial charge in [0.2, 0.25) is 11.3 Å². The van der Waals surface area contributed by atoms with E-state index in [1.165, 1.54) is 56.5 Å². The number of aromatic nitrogens is 1. The number of hydrogen-bond donors (Lipinski definition) is 4. The zero-order chi connectivity index (χ0) is 27.2. The number of amides is 2. The predicted octanol–water partition coefficient (Wildman–Crippen LogP) is 3.08. The van der Waals surface area contributed by atoms with Crippen LogP contribution in [0.3, 0.4) is 0 Å². The molecule has 5 rings (SSSR count). The zero-order valence-electron chi connectivity index (χ0n) is 18.8. The molecule has 3 atom stereocenters. The number of nitrogen functional groups attached to an aromatic ring is 1. The number of thiophene rings is 1. The first kappa shape index (κ1) is 27.1. The van der Waals surface area contributed by atoms with Crippen LogP contribution in [0.4, 0.5) is 5.13 Å². The second kappa shape index (κ2) is 10.6. The Bertz CT molecular complexity index is 1580. The monoisotopic (exact) mass is 673 g/mol. The van der Waals surface area contributed by atoms with Gasteiger partial charge in [-0.3, -0.25) is 19.2 Å². The number of halogens is 1. The molecule has 3 aromatic heterocycles. The number of nitrogens with zero attached hydrogens (tertiary/aromatic N) is 3. The average molecular weight is 675 g/mol. The van der Waals surface area contributed by atoms with E-state index >= 15 is 0 Å². The Morgan fingerprint density at radius 1 is 1.37 bits per heavy atom. The van der Waals surface area contributed by atoms with E-state index < -0.39 is 34.6 Å². The van der Waals surface area contributed by atoms with Crippen molar-refractivity contribution in [1.82, 2.24) is 15.2 Å². The summed E-state index contributed by atoms with van der Waals surface area (Å²) in [5, 5.41) is 29.5. The van der Waals surface area contributed by atoms with Gasteiger partial charge in [0.25, 0.3) is 5.91 Å². The van der Waals surface area contributed by atoms with E-state index in [1.807, 2.05) is 11.4 Å². The van der Waals surface area contributed by atoms with Crippen LogP contribution >= 0.6 is 73.5 Å². The van der Waals surface area contributed by atoms with E-state index in [2.05, 4.69) is 31.4 Å². The third-order valence-corrected chi connectivity index (χ3v) is 12.6. The molecule has 0 saturated carbocycles. The molecular formula is C21H16BrN5O6S5. The SMILES string of the molecule is Nc1nc(C(=NO)C(=O)NC2C(=O)N3CC(C=CSc4sc5ccsc5c(=O)c4Br)(C(=O)O)CS[C@H]23)cs1. The average Bonchev–Trinajstić information content (AvgIpc) is 3.54. The number of hydrogen-bond acceptors (Lipinski definition) is 13. The molecule has 2 saturated heterocycles. The normalized spacial score (nSPS) is 23.4. The van der Waals surface area contributed by atoms with E-state index in [1.54, 1.807) is 11.5 Å². The number of nitrogens with one attached hydrogen (secondary N) is 1. The predicted molar refractivity (Wildman–Crippen MR) is 153 cm³/mol. The van der Waals surface area contributed by atoms with E-state index in [0.29, 0.717) is 13.4 Å². The number of rotatable bonds is 7. The van der Waals surface area contributed by atoms with Crippen molar-refractivity contribution in [3.8, 4) is 0 Å². The Kier molecular flexibility index (Phi) is 7.58. The number of nitrogens with two attached hydrogens (primary N) is 1. The first-order valence-corrected chi connectivity index (χ1v) is 15.9. The summed E-state index contributed by atoms with van der Waals surface area (Å²) in [5.41, 5.74) is 3.82. The maximum Gasteiger partial charge on any atom is 0.316 e. The third-order valence-electron chi connectivity index (χ3n) is 5.88. The van der Waals surface area contributed by atoms with Crippen molar-refractivity contribution < 1.29 is 24.7 Å². The van der Waals surface area contributed by atoms with Crippen LogP contribution in [0, 0.1) is 5.41 Å². The smallest absolute Gasteiger partial charge is 0.316 e. The topological polar surface area (TPSA) is 175 Å². The summed E-state index contributed by atoms with van der Waals surface area (Å²) in [4.78, 5) is 55.7. The van der Waals surface area contributed by atoms with Crippen LogP contribution in [0.5, 0.6) is 0 Å². The van der Waals surface area contributed by atoms with Crippen molar-refractivity contribution in [3.05, 3.63) is 48.7 Å². The maximum absolute atomic E-state index is 12.9.